The molecule has 8 heteroatoms. The van der Waals surface area contributed by atoms with Crippen molar-refractivity contribution in [1.29, 1.82) is 0 Å². The molecule has 6 nitrogen and oxygen atoms in total. The van der Waals surface area contributed by atoms with Gasteiger partial charge in [-0.1, -0.05) is 42.5 Å². The monoisotopic (exact) mass is 467 g/mol. The molecule has 1 aliphatic rings. The molecule has 0 saturated carbocycles. The van der Waals surface area contributed by atoms with Gasteiger partial charge in [-0.25, -0.2) is 9.18 Å². The molecule has 2 heterocycles. The van der Waals surface area contributed by atoms with Gasteiger partial charge in [0.2, 0.25) is 5.91 Å². The van der Waals surface area contributed by atoms with Gasteiger partial charge >= 0.3 is 5.97 Å². The molecule has 4 rings (SSSR count). The molecule has 3 aromatic rings. The van der Waals surface area contributed by atoms with Crippen molar-refractivity contribution in [3.05, 3.63) is 70.9 Å². The highest BCUT2D eigenvalue weighted by Gasteiger charge is 2.26. The number of carbonyl (C=O) groups excluding carboxylic acids is 2. The van der Waals surface area contributed by atoms with Crippen molar-refractivity contribution in [2.75, 3.05) is 50.1 Å². The lowest BCUT2D eigenvalue weighted by Gasteiger charge is -2.35. The zero-order valence-electron chi connectivity index (χ0n) is 18.6. The third-order valence-electron chi connectivity index (χ3n) is 5.72. The number of thiophene rings is 1. The Morgan fingerprint density at radius 2 is 1.70 bits per heavy atom. The number of nitrogens with zero attached hydrogens (tertiary/aromatic N) is 2. The second kappa shape index (κ2) is 10.1. The summed E-state index contributed by atoms with van der Waals surface area (Å²) in [7, 11) is 1.34. The van der Waals surface area contributed by atoms with E-state index in [4.69, 9.17) is 4.74 Å². The molecule has 1 fully saturated rings. The van der Waals surface area contributed by atoms with Crippen molar-refractivity contribution in [3.8, 4) is 11.1 Å². The number of hydrogen-bond acceptors (Lipinski definition) is 6. The highest BCUT2D eigenvalue weighted by Crippen LogP contribution is 2.40. The Bertz CT molecular complexity index is 1140. The Hall–Kier alpha value is -3.23. The van der Waals surface area contributed by atoms with Gasteiger partial charge in [-0.15, -0.1) is 11.3 Å². The largest absolute Gasteiger partial charge is 0.465 e. The van der Waals surface area contributed by atoms with Crippen LogP contribution in [-0.2, 0) is 9.53 Å². The van der Waals surface area contributed by atoms with Crippen molar-refractivity contribution in [2.45, 2.75) is 6.92 Å². The summed E-state index contributed by atoms with van der Waals surface area (Å²) in [6, 6.07) is 16.3. The summed E-state index contributed by atoms with van der Waals surface area (Å²) in [4.78, 5) is 30.4. The maximum atomic E-state index is 14.1. The number of esters is 1. The van der Waals surface area contributed by atoms with Crippen LogP contribution in [0.2, 0.25) is 0 Å². The number of aryl methyl sites for hydroxylation is 1. The zero-order valence-corrected chi connectivity index (χ0v) is 19.5. The van der Waals surface area contributed by atoms with Gasteiger partial charge in [0.25, 0.3) is 0 Å². The molecule has 0 bridgehead atoms. The molecule has 0 radical (unpaired) electrons. The van der Waals surface area contributed by atoms with Gasteiger partial charge in [-0.2, -0.15) is 0 Å². The van der Waals surface area contributed by atoms with Crippen LogP contribution in [0.25, 0.3) is 11.1 Å². The second-order valence-electron chi connectivity index (χ2n) is 7.86. The van der Waals surface area contributed by atoms with E-state index in [0.717, 1.165) is 16.0 Å². The summed E-state index contributed by atoms with van der Waals surface area (Å²) in [6.07, 6.45) is 0. The third-order valence-corrected chi connectivity index (χ3v) is 6.74. The maximum Gasteiger partial charge on any atom is 0.341 e. The third kappa shape index (κ3) is 5.07. The summed E-state index contributed by atoms with van der Waals surface area (Å²) in [5.41, 5.74) is 2.65. The smallest absolute Gasteiger partial charge is 0.341 e. The number of amides is 1. The fraction of sp³-hybridized carbons (Fsp3) is 0.280. The van der Waals surface area contributed by atoms with Gasteiger partial charge in [0, 0.05) is 36.6 Å². The molecule has 0 aliphatic carbocycles. The lowest BCUT2D eigenvalue weighted by atomic mass is 10.0. The molecule has 1 aliphatic heterocycles. The van der Waals surface area contributed by atoms with Crippen molar-refractivity contribution in [3.63, 3.8) is 0 Å². The van der Waals surface area contributed by atoms with Crippen LogP contribution in [0.1, 0.15) is 15.2 Å². The van der Waals surface area contributed by atoms with Gasteiger partial charge < -0.3 is 15.0 Å². The molecular weight excluding hydrogens is 441 g/mol. The number of halogens is 1. The number of ether oxygens (including phenoxy) is 1. The molecule has 172 valence electrons. The topological polar surface area (TPSA) is 61.9 Å². The molecule has 0 spiro atoms. The van der Waals surface area contributed by atoms with E-state index in [9.17, 15) is 14.0 Å². The molecular formula is C25H26FN3O3S. The molecule has 0 unspecified atom stereocenters. The minimum absolute atomic E-state index is 0.194. The summed E-state index contributed by atoms with van der Waals surface area (Å²) in [6.45, 7) is 4.69. The van der Waals surface area contributed by atoms with E-state index in [0.29, 0.717) is 42.4 Å². The quantitative estimate of drug-likeness (QED) is 0.544. The predicted octanol–water partition coefficient (Wildman–Crippen LogP) is 4.41. The Kier molecular flexibility index (Phi) is 7.05. The van der Waals surface area contributed by atoms with E-state index < -0.39 is 5.97 Å². The van der Waals surface area contributed by atoms with Gasteiger partial charge in [0.1, 0.15) is 16.4 Å². The minimum Gasteiger partial charge on any atom is -0.465 e. The number of nitrogens with one attached hydrogen (secondary N) is 1. The van der Waals surface area contributed by atoms with Crippen LogP contribution in [0.5, 0.6) is 0 Å². The van der Waals surface area contributed by atoms with Gasteiger partial charge in [0.15, 0.2) is 0 Å². The summed E-state index contributed by atoms with van der Waals surface area (Å²) >= 11 is 1.37. The number of rotatable bonds is 6. The van der Waals surface area contributed by atoms with Crippen LogP contribution < -0.4 is 10.2 Å². The minimum atomic E-state index is -0.480. The Morgan fingerprint density at radius 3 is 2.36 bits per heavy atom. The average molecular weight is 468 g/mol. The summed E-state index contributed by atoms with van der Waals surface area (Å²) < 4.78 is 19.1. The fourth-order valence-electron chi connectivity index (χ4n) is 4.11. The van der Waals surface area contributed by atoms with Gasteiger partial charge in [0.05, 0.1) is 19.3 Å². The number of piperazine rings is 1. The molecule has 1 saturated heterocycles. The lowest BCUT2D eigenvalue weighted by molar-refractivity contribution is -0.117. The number of benzene rings is 2. The Balaban J connectivity index is 1.44. The molecule has 1 amide bonds. The van der Waals surface area contributed by atoms with E-state index in [-0.39, 0.29) is 18.3 Å². The molecule has 33 heavy (non-hydrogen) atoms. The van der Waals surface area contributed by atoms with Gasteiger partial charge in [-0.05, 0) is 24.6 Å². The normalized spacial score (nSPS) is 14.2. The maximum absolute atomic E-state index is 14.1. The van der Waals surface area contributed by atoms with Crippen molar-refractivity contribution in [1.82, 2.24) is 4.90 Å². The highest BCUT2D eigenvalue weighted by molar-refractivity contribution is 7.17. The first-order valence-corrected chi connectivity index (χ1v) is 11.6. The van der Waals surface area contributed by atoms with Crippen LogP contribution >= 0.6 is 11.3 Å². The van der Waals surface area contributed by atoms with Crippen molar-refractivity contribution < 1.29 is 18.7 Å². The molecule has 1 aromatic heterocycles. The average Bonchev–Trinajstić information content (AvgIpc) is 3.15. The van der Waals surface area contributed by atoms with Gasteiger partial charge in [-0.3, -0.25) is 9.69 Å². The Morgan fingerprint density at radius 1 is 1.03 bits per heavy atom. The van der Waals surface area contributed by atoms with E-state index in [2.05, 4.69) is 5.32 Å². The zero-order chi connectivity index (χ0) is 23.4. The first-order valence-electron chi connectivity index (χ1n) is 10.8. The first kappa shape index (κ1) is 22.9. The lowest BCUT2D eigenvalue weighted by Crippen LogP contribution is -2.48. The number of para-hydroxylation sites is 1. The summed E-state index contributed by atoms with van der Waals surface area (Å²) in [5.74, 6) is -0.909. The molecule has 1 N–H and O–H groups in total. The standard InChI is InChI=1S/C25H26FN3O3S/c1-17-22(18-8-4-3-5-9-18)23(25(31)32-2)24(33-17)27-21(30)16-28-12-14-29(15-13-28)20-11-7-6-10-19(20)26/h3-11H,12-16H2,1-2H3,(H,27,30). The van der Waals surface area contributed by atoms with Crippen LogP contribution in [0.3, 0.4) is 0 Å². The van der Waals surface area contributed by atoms with Crippen molar-refractivity contribution in [2.24, 2.45) is 0 Å². The Labute approximate surface area is 196 Å². The molecule has 0 atom stereocenters. The van der Waals surface area contributed by atoms with Crippen LogP contribution in [0.4, 0.5) is 15.1 Å². The fourth-order valence-corrected chi connectivity index (χ4v) is 5.19. The summed E-state index contributed by atoms with van der Waals surface area (Å²) in [5, 5.41) is 3.41. The highest BCUT2D eigenvalue weighted by atomic mass is 32.1. The van der Waals surface area contributed by atoms with Crippen LogP contribution in [0.15, 0.2) is 54.6 Å². The number of anilines is 2. The number of hydrogen-bond donors (Lipinski definition) is 1. The predicted molar refractivity (Wildman–Crippen MR) is 130 cm³/mol. The number of methoxy groups -OCH3 is 1. The van der Waals surface area contributed by atoms with E-state index in [1.807, 2.05) is 53.1 Å². The molecule has 2 aromatic carbocycles. The number of carbonyl (C=O) groups is 2. The van der Waals surface area contributed by atoms with Crippen LogP contribution in [-0.4, -0.2) is 56.6 Å². The second-order valence-corrected chi connectivity index (χ2v) is 9.08. The van der Waals surface area contributed by atoms with E-state index >= 15 is 0 Å². The van der Waals surface area contributed by atoms with Crippen LogP contribution in [0, 0.1) is 12.7 Å². The van der Waals surface area contributed by atoms with Crippen molar-refractivity contribution >= 4 is 33.9 Å². The van der Waals surface area contributed by atoms with E-state index in [1.165, 1.54) is 24.5 Å². The first-order chi connectivity index (χ1) is 16.0. The SMILES string of the molecule is COC(=O)c1c(NC(=O)CN2CCN(c3ccccc3F)CC2)sc(C)c1-c1ccccc1. The van der Waals surface area contributed by atoms with E-state index in [1.54, 1.807) is 12.1 Å².